The summed E-state index contributed by atoms with van der Waals surface area (Å²) in [5.74, 6) is 0.681. The molecule has 7 nitrogen and oxygen atoms in total. The molecule has 1 atom stereocenters. The van der Waals surface area contributed by atoms with Crippen molar-refractivity contribution in [2.24, 2.45) is 5.92 Å². The smallest absolute Gasteiger partial charge is 0.254 e. The predicted molar refractivity (Wildman–Crippen MR) is 119 cm³/mol. The number of H-pyrrole nitrogens is 1. The van der Waals surface area contributed by atoms with Crippen molar-refractivity contribution in [3.63, 3.8) is 0 Å². The molecule has 4 N–H and O–H groups in total. The highest BCUT2D eigenvalue weighted by atomic mass is 32.1. The third kappa shape index (κ3) is 4.75. The normalized spacial score (nSPS) is 17.8. The molecule has 2 aliphatic carbocycles. The molecule has 0 spiro atoms. The molecule has 1 fully saturated rings. The van der Waals surface area contributed by atoms with E-state index in [1.54, 1.807) is 12.3 Å². The van der Waals surface area contributed by atoms with Gasteiger partial charge < -0.3 is 20.9 Å². The van der Waals surface area contributed by atoms with E-state index in [9.17, 15) is 14.4 Å². The number of carbonyl (C=O) groups is 2. The van der Waals surface area contributed by atoms with Crippen LogP contribution in [0.2, 0.25) is 0 Å². The molecule has 0 aromatic carbocycles. The molecule has 4 rings (SSSR count). The molecule has 160 valence electrons. The van der Waals surface area contributed by atoms with Crippen molar-refractivity contribution in [2.75, 3.05) is 17.2 Å². The number of unbranched alkanes of at least 4 members (excludes halogenated alkanes) is 1. The van der Waals surface area contributed by atoms with Crippen LogP contribution < -0.4 is 21.4 Å². The van der Waals surface area contributed by atoms with Crippen LogP contribution in [0.5, 0.6) is 0 Å². The van der Waals surface area contributed by atoms with Gasteiger partial charge in [-0.05, 0) is 44.1 Å². The van der Waals surface area contributed by atoms with E-state index in [1.807, 2.05) is 0 Å². The Morgan fingerprint density at radius 2 is 2.10 bits per heavy atom. The number of rotatable bonds is 8. The number of pyridine rings is 1. The zero-order valence-corrected chi connectivity index (χ0v) is 18.0. The molecular weight excluding hydrogens is 400 g/mol. The minimum absolute atomic E-state index is 0.0211. The second kappa shape index (κ2) is 9.04. The van der Waals surface area contributed by atoms with E-state index in [1.165, 1.54) is 22.3 Å². The monoisotopic (exact) mass is 428 g/mol. The summed E-state index contributed by atoms with van der Waals surface area (Å²) in [6.45, 7) is 2.72. The van der Waals surface area contributed by atoms with Gasteiger partial charge in [0, 0.05) is 41.7 Å². The Kier molecular flexibility index (Phi) is 6.22. The molecule has 2 aliphatic rings. The average molecular weight is 429 g/mol. The summed E-state index contributed by atoms with van der Waals surface area (Å²) in [6, 6.07) is 3.14. The van der Waals surface area contributed by atoms with E-state index in [-0.39, 0.29) is 29.2 Å². The Labute approximate surface area is 179 Å². The molecule has 2 aromatic heterocycles. The molecule has 8 heteroatoms. The molecule has 30 heavy (non-hydrogen) atoms. The second-order valence-electron chi connectivity index (χ2n) is 8.10. The van der Waals surface area contributed by atoms with Gasteiger partial charge in [0.15, 0.2) is 5.43 Å². The van der Waals surface area contributed by atoms with Crippen LogP contribution in [-0.2, 0) is 17.6 Å². The van der Waals surface area contributed by atoms with E-state index in [0.29, 0.717) is 29.3 Å². The van der Waals surface area contributed by atoms with Gasteiger partial charge in [-0.1, -0.05) is 13.3 Å². The summed E-state index contributed by atoms with van der Waals surface area (Å²) in [7, 11) is 0. The Morgan fingerprint density at radius 1 is 1.27 bits per heavy atom. The fourth-order valence-electron chi connectivity index (χ4n) is 3.81. The Hall–Kier alpha value is -2.61. The molecule has 0 aliphatic heterocycles. The number of nitrogens with one attached hydrogen (secondary N) is 4. The van der Waals surface area contributed by atoms with Gasteiger partial charge in [0.1, 0.15) is 10.8 Å². The van der Waals surface area contributed by atoms with E-state index < -0.39 is 0 Å². The lowest BCUT2D eigenvalue weighted by molar-refractivity contribution is -0.117. The Morgan fingerprint density at radius 3 is 2.83 bits per heavy atom. The molecule has 0 saturated heterocycles. The van der Waals surface area contributed by atoms with Gasteiger partial charge in [0.05, 0.1) is 5.56 Å². The standard InChI is InChI=1S/C22H28N4O3S/c1-2-3-9-24-21(29)19-16-11-14(25-18-12-15(27)8-10-23-18)6-7-17(16)30-22(19)26-20(28)13-4-5-13/h8,10,12-14H,2-7,9,11H2,1H3,(H,24,29)(H,26,28)(H2,23,25,27). The topological polar surface area (TPSA) is 103 Å². The number of carbonyl (C=O) groups excluding carboxylic acids is 2. The fourth-order valence-corrected chi connectivity index (χ4v) is 5.06. The zero-order chi connectivity index (χ0) is 21.1. The van der Waals surface area contributed by atoms with Crippen molar-refractivity contribution in [3.05, 3.63) is 44.6 Å². The molecule has 0 bridgehead atoms. The Bertz CT molecular complexity index is 993. The lowest BCUT2D eigenvalue weighted by atomic mass is 9.91. The van der Waals surface area contributed by atoms with Crippen LogP contribution in [0, 0.1) is 5.92 Å². The van der Waals surface area contributed by atoms with Gasteiger partial charge in [-0.3, -0.25) is 14.4 Å². The first kappa shape index (κ1) is 20.7. The molecule has 0 radical (unpaired) electrons. The largest absolute Gasteiger partial charge is 0.368 e. The number of anilines is 2. The summed E-state index contributed by atoms with van der Waals surface area (Å²) in [5.41, 5.74) is 1.58. The highest BCUT2D eigenvalue weighted by molar-refractivity contribution is 7.17. The van der Waals surface area contributed by atoms with Crippen molar-refractivity contribution in [3.8, 4) is 0 Å². The third-order valence-corrected chi connectivity index (χ3v) is 6.83. The summed E-state index contributed by atoms with van der Waals surface area (Å²) in [5, 5.41) is 10.1. The zero-order valence-electron chi connectivity index (χ0n) is 17.2. The predicted octanol–water partition coefficient (Wildman–Crippen LogP) is 3.28. The number of aromatic amines is 1. The maximum absolute atomic E-state index is 13.0. The van der Waals surface area contributed by atoms with Gasteiger partial charge in [-0.15, -0.1) is 11.3 Å². The number of amides is 2. The SMILES string of the molecule is CCCCNC(=O)c1c(NC(=O)C2CC2)sc2c1CC(Nc1cc(=O)cc[nH]1)CC2. The number of aryl methyl sites for hydroxylation is 1. The number of fused-ring (bicyclic) bond motifs is 1. The van der Waals surface area contributed by atoms with Crippen LogP contribution in [0.15, 0.2) is 23.1 Å². The first-order valence-corrected chi connectivity index (χ1v) is 11.6. The maximum Gasteiger partial charge on any atom is 0.254 e. The van der Waals surface area contributed by atoms with Gasteiger partial charge in [0.25, 0.3) is 5.91 Å². The summed E-state index contributed by atoms with van der Waals surface area (Å²) < 4.78 is 0. The van der Waals surface area contributed by atoms with E-state index >= 15 is 0 Å². The van der Waals surface area contributed by atoms with E-state index in [4.69, 9.17) is 0 Å². The fraction of sp³-hybridized carbons (Fsp3) is 0.500. The number of hydrogen-bond donors (Lipinski definition) is 4. The lowest BCUT2D eigenvalue weighted by Gasteiger charge is -2.24. The molecule has 2 heterocycles. The van der Waals surface area contributed by atoms with Crippen molar-refractivity contribution >= 4 is 34.0 Å². The molecule has 1 saturated carbocycles. The summed E-state index contributed by atoms with van der Waals surface area (Å²) >= 11 is 1.54. The third-order valence-electron chi connectivity index (χ3n) is 5.62. The van der Waals surface area contributed by atoms with Gasteiger partial charge >= 0.3 is 0 Å². The van der Waals surface area contributed by atoms with Crippen LogP contribution in [0.1, 0.15) is 59.8 Å². The first-order valence-electron chi connectivity index (χ1n) is 10.7. The van der Waals surface area contributed by atoms with Gasteiger partial charge in [-0.2, -0.15) is 0 Å². The van der Waals surface area contributed by atoms with Crippen LogP contribution in [0.3, 0.4) is 0 Å². The highest BCUT2D eigenvalue weighted by Gasteiger charge is 2.33. The van der Waals surface area contributed by atoms with Crippen molar-refractivity contribution in [1.82, 2.24) is 10.3 Å². The van der Waals surface area contributed by atoms with Gasteiger partial charge in [-0.25, -0.2) is 0 Å². The van der Waals surface area contributed by atoms with E-state index in [0.717, 1.165) is 44.1 Å². The Balaban J connectivity index is 1.56. The van der Waals surface area contributed by atoms with Crippen LogP contribution in [-0.4, -0.2) is 29.4 Å². The molecule has 1 unspecified atom stereocenters. The minimum atomic E-state index is -0.110. The molecule has 2 aromatic rings. The number of hydrogen-bond acceptors (Lipinski definition) is 5. The van der Waals surface area contributed by atoms with Crippen molar-refractivity contribution in [2.45, 2.75) is 57.9 Å². The summed E-state index contributed by atoms with van der Waals surface area (Å²) in [4.78, 5) is 41.2. The minimum Gasteiger partial charge on any atom is -0.368 e. The molecular formula is C22H28N4O3S. The van der Waals surface area contributed by atoms with Crippen LogP contribution in [0.25, 0.3) is 0 Å². The van der Waals surface area contributed by atoms with Crippen molar-refractivity contribution < 1.29 is 9.59 Å². The maximum atomic E-state index is 13.0. The quantitative estimate of drug-likeness (QED) is 0.485. The average Bonchev–Trinajstić information content (AvgIpc) is 3.50. The lowest BCUT2D eigenvalue weighted by Crippen LogP contribution is -2.31. The highest BCUT2D eigenvalue weighted by Crippen LogP contribution is 2.40. The first-order chi connectivity index (χ1) is 14.5. The second-order valence-corrected chi connectivity index (χ2v) is 9.21. The number of aromatic nitrogens is 1. The van der Waals surface area contributed by atoms with Gasteiger partial charge in [0.2, 0.25) is 5.91 Å². The number of thiophene rings is 1. The molecule has 2 amide bonds. The van der Waals surface area contributed by atoms with Crippen LogP contribution in [0.4, 0.5) is 10.8 Å². The van der Waals surface area contributed by atoms with Crippen molar-refractivity contribution in [1.29, 1.82) is 0 Å². The van der Waals surface area contributed by atoms with E-state index in [2.05, 4.69) is 27.9 Å². The van der Waals surface area contributed by atoms with Crippen LogP contribution >= 0.6 is 11.3 Å². The summed E-state index contributed by atoms with van der Waals surface area (Å²) in [6.07, 6.45) is 7.83.